The van der Waals surface area contributed by atoms with Crippen LogP contribution in [0.5, 0.6) is 0 Å². The van der Waals surface area contributed by atoms with Crippen LogP contribution in [0, 0.1) is 6.92 Å². The minimum atomic E-state index is -0.969. The zero-order valence-electron chi connectivity index (χ0n) is 17.5. The number of rotatable bonds is 8. The molecule has 1 amide bonds. The molecule has 0 aliphatic carbocycles. The van der Waals surface area contributed by atoms with Crippen LogP contribution in [0.3, 0.4) is 0 Å². The molecule has 0 fully saturated rings. The first kappa shape index (κ1) is 21.3. The summed E-state index contributed by atoms with van der Waals surface area (Å²) >= 11 is 0. The van der Waals surface area contributed by atoms with Gasteiger partial charge in [-0.15, -0.1) is 0 Å². The summed E-state index contributed by atoms with van der Waals surface area (Å²) in [5.41, 5.74) is 5.32. The number of benzene rings is 3. The first-order chi connectivity index (χ1) is 14.5. The van der Waals surface area contributed by atoms with E-state index in [0.29, 0.717) is 19.4 Å². The maximum atomic E-state index is 13.3. The summed E-state index contributed by atoms with van der Waals surface area (Å²) in [5.74, 6) is -0.944. The van der Waals surface area contributed by atoms with Crippen molar-refractivity contribution in [1.82, 2.24) is 0 Å². The van der Waals surface area contributed by atoms with Gasteiger partial charge in [-0.05, 0) is 54.7 Å². The molecule has 0 atom stereocenters. The lowest BCUT2D eigenvalue weighted by Gasteiger charge is -2.26. The quantitative estimate of drug-likeness (QED) is 0.548. The monoisotopic (exact) mass is 401 g/mol. The van der Waals surface area contributed by atoms with Crippen LogP contribution >= 0.6 is 0 Å². The van der Waals surface area contributed by atoms with Gasteiger partial charge in [0.1, 0.15) is 0 Å². The molecule has 30 heavy (non-hydrogen) atoms. The maximum absolute atomic E-state index is 13.3. The van der Waals surface area contributed by atoms with Crippen molar-refractivity contribution < 1.29 is 14.7 Å². The molecule has 1 N–H and O–H groups in total. The third kappa shape index (κ3) is 5.35. The molecular formula is C26H27NO3. The fourth-order valence-electron chi connectivity index (χ4n) is 3.51. The van der Waals surface area contributed by atoms with E-state index in [1.807, 2.05) is 37.3 Å². The summed E-state index contributed by atoms with van der Waals surface area (Å²) in [4.78, 5) is 26.4. The lowest BCUT2D eigenvalue weighted by Crippen LogP contribution is -2.31. The summed E-state index contributed by atoms with van der Waals surface area (Å²) < 4.78 is 0. The minimum absolute atomic E-state index is 0.0252. The van der Waals surface area contributed by atoms with E-state index in [0.717, 1.165) is 28.8 Å². The summed E-state index contributed by atoms with van der Waals surface area (Å²) in [6.07, 6.45) is 1.87. The molecule has 0 unspecified atom stereocenters. The van der Waals surface area contributed by atoms with Crippen molar-refractivity contribution in [3.05, 3.63) is 101 Å². The van der Waals surface area contributed by atoms with E-state index >= 15 is 0 Å². The molecule has 0 saturated heterocycles. The summed E-state index contributed by atoms with van der Waals surface area (Å²) in [7, 11) is 0. The van der Waals surface area contributed by atoms with Crippen LogP contribution in [0.15, 0.2) is 72.8 Å². The number of anilines is 1. The van der Waals surface area contributed by atoms with Crippen LogP contribution in [0.25, 0.3) is 0 Å². The van der Waals surface area contributed by atoms with Gasteiger partial charge in [0.15, 0.2) is 0 Å². The third-order valence-electron chi connectivity index (χ3n) is 5.23. The molecule has 0 bridgehead atoms. The van der Waals surface area contributed by atoms with Gasteiger partial charge in [-0.25, -0.2) is 4.79 Å². The minimum Gasteiger partial charge on any atom is -0.478 e. The van der Waals surface area contributed by atoms with Gasteiger partial charge in [-0.1, -0.05) is 67.1 Å². The average Bonchev–Trinajstić information content (AvgIpc) is 2.77. The Labute approximate surface area is 177 Å². The number of carboxylic acid groups (broad SMARTS) is 1. The first-order valence-electron chi connectivity index (χ1n) is 10.2. The molecule has 3 aromatic rings. The highest BCUT2D eigenvalue weighted by molar-refractivity contribution is 5.94. The molecule has 4 nitrogen and oxygen atoms in total. The van der Waals surface area contributed by atoms with Crippen LogP contribution in [-0.4, -0.2) is 17.0 Å². The van der Waals surface area contributed by atoms with Crippen molar-refractivity contribution in [2.75, 3.05) is 4.90 Å². The Morgan fingerprint density at radius 2 is 1.63 bits per heavy atom. The molecule has 4 heteroatoms. The highest BCUT2D eigenvalue weighted by atomic mass is 16.4. The van der Waals surface area contributed by atoms with Gasteiger partial charge in [0.2, 0.25) is 5.91 Å². The van der Waals surface area contributed by atoms with E-state index in [-0.39, 0.29) is 11.5 Å². The van der Waals surface area contributed by atoms with Gasteiger partial charge in [-0.3, -0.25) is 4.79 Å². The van der Waals surface area contributed by atoms with Crippen LogP contribution in [-0.2, 0) is 24.2 Å². The van der Waals surface area contributed by atoms with E-state index in [1.165, 1.54) is 5.56 Å². The number of nitrogens with zero attached hydrogens (tertiary/aromatic N) is 1. The maximum Gasteiger partial charge on any atom is 0.335 e. The van der Waals surface area contributed by atoms with E-state index < -0.39 is 5.97 Å². The Kier molecular flexibility index (Phi) is 7.02. The number of carbonyl (C=O) groups excluding carboxylic acids is 1. The second-order valence-corrected chi connectivity index (χ2v) is 7.45. The second-order valence-electron chi connectivity index (χ2n) is 7.45. The van der Waals surface area contributed by atoms with Gasteiger partial charge >= 0.3 is 5.97 Å². The van der Waals surface area contributed by atoms with E-state index in [4.69, 9.17) is 0 Å². The summed E-state index contributed by atoms with van der Waals surface area (Å²) in [5, 5.41) is 9.30. The van der Waals surface area contributed by atoms with Crippen LogP contribution in [0.2, 0.25) is 0 Å². The predicted octanol–water partition coefficient (Wildman–Crippen LogP) is 5.42. The molecule has 154 valence electrons. The van der Waals surface area contributed by atoms with E-state index in [1.54, 1.807) is 23.1 Å². The Balaban J connectivity index is 1.87. The molecule has 3 rings (SSSR count). The fraction of sp³-hybridized carbons (Fsp3) is 0.231. The molecule has 3 aromatic carbocycles. The van der Waals surface area contributed by atoms with E-state index in [2.05, 4.69) is 31.2 Å². The molecule has 0 spiro atoms. The van der Waals surface area contributed by atoms with Gasteiger partial charge in [0.05, 0.1) is 12.1 Å². The largest absolute Gasteiger partial charge is 0.478 e. The zero-order chi connectivity index (χ0) is 21.5. The lowest BCUT2D eigenvalue weighted by molar-refractivity contribution is -0.118. The number of hydrogen-bond acceptors (Lipinski definition) is 2. The molecular weight excluding hydrogens is 374 g/mol. The number of aryl methyl sites for hydroxylation is 3. The van der Waals surface area contributed by atoms with Crippen molar-refractivity contribution in [1.29, 1.82) is 0 Å². The number of hydrogen-bond donors (Lipinski definition) is 1. The summed E-state index contributed by atoms with van der Waals surface area (Å²) in [6, 6.07) is 22.9. The second kappa shape index (κ2) is 9.88. The Morgan fingerprint density at radius 1 is 0.900 bits per heavy atom. The first-order valence-corrected chi connectivity index (χ1v) is 10.2. The van der Waals surface area contributed by atoms with Crippen molar-refractivity contribution in [2.24, 2.45) is 0 Å². The molecule has 0 aliphatic heterocycles. The SMILES string of the molecule is CCc1ccccc1N(Cc1cccc(C(=O)O)c1)C(=O)CCc1ccc(C)cc1. The number of amides is 1. The zero-order valence-corrected chi connectivity index (χ0v) is 17.5. The van der Waals surface area contributed by atoms with Crippen LogP contribution in [0.1, 0.15) is 46.0 Å². The predicted molar refractivity (Wildman–Crippen MR) is 120 cm³/mol. The van der Waals surface area contributed by atoms with Gasteiger partial charge in [0.25, 0.3) is 0 Å². The normalized spacial score (nSPS) is 10.6. The van der Waals surface area contributed by atoms with Crippen molar-refractivity contribution in [3.8, 4) is 0 Å². The molecule has 0 heterocycles. The van der Waals surface area contributed by atoms with Crippen molar-refractivity contribution in [2.45, 2.75) is 39.7 Å². The topological polar surface area (TPSA) is 57.6 Å². The smallest absolute Gasteiger partial charge is 0.335 e. The average molecular weight is 402 g/mol. The van der Waals surface area contributed by atoms with Gasteiger partial charge < -0.3 is 10.0 Å². The van der Waals surface area contributed by atoms with Crippen molar-refractivity contribution >= 4 is 17.6 Å². The number of carboxylic acids is 1. The number of carbonyl (C=O) groups is 2. The number of para-hydroxylation sites is 1. The molecule has 0 aromatic heterocycles. The van der Waals surface area contributed by atoms with Crippen molar-refractivity contribution in [3.63, 3.8) is 0 Å². The van der Waals surface area contributed by atoms with Gasteiger partial charge in [0, 0.05) is 12.1 Å². The van der Waals surface area contributed by atoms with E-state index in [9.17, 15) is 14.7 Å². The summed E-state index contributed by atoms with van der Waals surface area (Å²) in [6.45, 7) is 4.45. The number of aromatic carboxylic acids is 1. The Bertz CT molecular complexity index is 1020. The Hall–Kier alpha value is -3.40. The Morgan fingerprint density at radius 3 is 2.33 bits per heavy atom. The van der Waals surface area contributed by atoms with Crippen LogP contribution < -0.4 is 4.90 Å². The third-order valence-corrected chi connectivity index (χ3v) is 5.23. The van der Waals surface area contributed by atoms with Gasteiger partial charge in [-0.2, -0.15) is 0 Å². The standard InChI is InChI=1S/C26H27NO3/c1-3-22-8-4-5-10-24(22)27(18-21-7-6-9-23(17-21)26(29)30)25(28)16-15-20-13-11-19(2)12-14-20/h4-14,17H,3,15-16,18H2,1-2H3,(H,29,30). The molecule has 0 radical (unpaired) electrons. The highest BCUT2D eigenvalue weighted by Crippen LogP contribution is 2.25. The van der Waals surface area contributed by atoms with Crippen LogP contribution in [0.4, 0.5) is 5.69 Å². The molecule has 0 saturated carbocycles. The fourth-order valence-corrected chi connectivity index (χ4v) is 3.51. The highest BCUT2D eigenvalue weighted by Gasteiger charge is 2.19. The lowest BCUT2D eigenvalue weighted by atomic mass is 10.0. The molecule has 0 aliphatic rings.